The average molecular weight is 309 g/mol. The molecule has 0 heterocycles. The standard InChI is InChI=1S/C17H27NO2S/c1-16(2,3)21-12-15(19)18(13-17(4,5)20)11-14-9-7-6-8-10-14/h6-10,20H,11-13H2,1-5H3. The van der Waals surface area contributed by atoms with Gasteiger partial charge in [0.2, 0.25) is 5.91 Å². The van der Waals surface area contributed by atoms with E-state index in [1.807, 2.05) is 30.3 Å². The third-order valence-electron chi connectivity index (χ3n) is 2.78. The smallest absolute Gasteiger partial charge is 0.232 e. The Bertz CT molecular complexity index is 446. The highest BCUT2D eigenvalue weighted by Crippen LogP contribution is 2.24. The van der Waals surface area contributed by atoms with Crippen LogP contribution in [0.1, 0.15) is 40.2 Å². The molecule has 0 unspecified atom stereocenters. The summed E-state index contributed by atoms with van der Waals surface area (Å²) in [4.78, 5) is 14.2. The van der Waals surface area contributed by atoms with Crippen molar-refractivity contribution in [3.63, 3.8) is 0 Å². The fourth-order valence-corrected chi connectivity index (χ4v) is 2.61. The van der Waals surface area contributed by atoms with E-state index in [0.29, 0.717) is 18.8 Å². The lowest BCUT2D eigenvalue weighted by Gasteiger charge is -2.30. The van der Waals surface area contributed by atoms with Crippen LogP contribution < -0.4 is 0 Å². The normalized spacial score (nSPS) is 12.3. The molecule has 0 aromatic heterocycles. The van der Waals surface area contributed by atoms with E-state index in [1.165, 1.54) is 0 Å². The SMILES string of the molecule is CC(C)(O)CN(Cc1ccccc1)C(=O)CSC(C)(C)C. The predicted octanol–water partition coefficient (Wildman–Crippen LogP) is 3.32. The van der Waals surface area contributed by atoms with Gasteiger partial charge < -0.3 is 10.0 Å². The van der Waals surface area contributed by atoms with Crippen LogP contribution in [-0.2, 0) is 11.3 Å². The predicted molar refractivity (Wildman–Crippen MR) is 90.4 cm³/mol. The summed E-state index contributed by atoms with van der Waals surface area (Å²) in [5, 5.41) is 10.0. The zero-order chi connectivity index (χ0) is 16.1. The molecule has 4 heteroatoms. The molecule has 0 aliphatic carbocycles. The summed E-state index contributed by atoms with van der Waals surface area (Å²) >= 11 is 1.63. The van der Waals surface area contributed by atoms with Gasteiger partial charge in [0.1, 0.15) is 0 Å². The van der Waals surface area contributed by atoms with E-state index in [4.69, 9.17) is 0 Å². The molecule has 1 aromatic rings. The first kappa shape index (κ1) is 18.1. The number of amides is 1. The molecule has 0 aliphatic rings. The number of carbonyl (C=O) groups is 1. The first-order valence-corrected chi connectivity index (χ1v) is 8.23. The number of nitrogens with zero attached hydrogens (tertiary/aromatic N) is 1. The highest BCUT2D eigenvalue weighted by molar-refractivity contribution is 8.01. The van der Waals surface area contributed by atoms with Gasteiger partial charge in [-0.05, 0) is 19.4 Å². The van der Waals surface area contributed by atoms with Gasteiger partial charge in [-0.3, -0.25) is 4.79 Å². The van der Waals surface area contributed by atoms with Crippen LogP contribution >= 0.6 is 11.8 Å². The summed E-state index contributed by atoms with van der Waals surface area (Å²) in [7, 11) is 0. The monoisotopic (exact) mass is 309 g/mol. The Hall–Kier alpha value is -1.000. The van der Waals surface area contributed by atoms with Gasteiger partial charge in [-0.2, -0.15) is 0 Å². The Labute approximate surface area is 132 Å². The van der Waals surface area contributed by atoms with Crippen LogP contribution in [0, 0.1) is 0 Å². The second-order valence-electron chi connectivity index (χ2n) is 6.95. The maximum atomic E-state index is 12.5. The minimum atomic E-state index is -0.892. The van der Waals surface area contributed by atoms with E-state index in [0.717, 1.165) is 5.56 Å². The first-order valence-electron chi connectivity index (χ1n) is 7.25. The van der Waals surface area contributed by atoms with Crippen LogP contribution in [0.4, 0.5) is 0 Å². The van der Waals surface area contributed by atoms with Crippen molar-refractivity contribution in [2.24, 2.45) is 0 Å². The molecule has 0 fully saturated rings. The molecule has 1 rings (SSSR count). The Morgan fingerprint density at radius 3 is 2.19 bits per heavy atom. The van der Waals surface area contributed by atoms with E-state index < -0.39 is 5.60 Å². The third kappa shape index (κ3) is 8.12. The van der Waals surface area contributed by atoms with E-state index in [9.17, 15) is 9.90 Å². The molecule has 1 aromatic carbocycles. The Morgan fingerprint density at radius 2 is 1.71 bits per heavy atom. The lowest BCUT2D eigenvalue weighted by atomic mass is 10.1. The first-order chi connectivity index (χ1) is 9.57. The molecular weight excluding hydrogens is 282 g/mol. The summed E-state index contributed by atoms with van der Waals surface area (Å²) in [5.41, 5.74) is 0.187. The highest BCUT2D eigenvalue weighted by Gasteiger charge is 2.24. The average Bonchev–Trinajstić information content (AvgIpc) is 2.34. The minimum Gasteiger partial charge on any atom is -0.389 e. The second-order valence-corrected chi connectivity index (χ2v) is 8.75. The number of hydrogen-bond donors (Lipinski definition) is 1. The van der Waals surface area contributed by atoms with Gasteiger partial charge in [0, 0.05) is 17.8 Å². The molecule has 1 N–H and O–H groups in total. The van der Waals surface area contributed by atoms with Crippen molar-refractivity contribution in [3.05, 3.63) is 35.9 Å². The molecule has 0 atom stereocenters. The van der Waals surface area contributed by atoms with Crippen molar-refractivity contribution in [1.82, 2.24) is 4.90 Å². The number of thioether (sulfide) groups is 1. The summed E-state index contributed by atoms with van der Waals surface area (Å²) in [6, 6.07) is 9.89. The molecule has 0 spiro atoms. The number of hydrogen-bond acceptors (Lipinski definition) is 3. The van der Waals surface area contributed by atoms with Crippen LogP contribution in [0.3, 0.4) is 0 Å². The maximum Gasteiger partial charge on any atom is 0.232 e. The zero-order valence-corrected chi connectivity index (χ0v) is 14.5. The summed E-state index contributed by atoms with van der Waals surface area (Å²) < 4.78 is 0.0583. The summed E-state index contributed by atoms with van der Waals surface area (Å²) in [5.74, 6) is 0.507. The van der Waals surface area contributed by atoms with Crippen molar-refractivity contribution in [1.29, 1.82) is 0 Å². The Kier molecular flexibility index (Phi) is 6.29. The lowest BCUT2D eigenvalue weighted by Crippen LogP contribution is -2.42. The molecule has 0 aliphatic heterocycles. The number of benzene rings is 1. The van der Waals surface area contributed by atoms with Gasteiger partial charge >= 0.3 is 0 Å². The van der Waals surface area contributed by atoms with Crippen molar-refractivity contribution in [2.45, 2.75) is 51.5 Å². The fourth-order valence-electron chi connectivity index (χ4n) is 1.87. The molecular formula is C17H27NO2S. The second kappa shape index (κ2) is 7.32. The largest absolute Gasteiger partial charge is 0.389 e. The van der Waals surface area contributed by atoms with Gasteiger partial charge in [-0.1, -0.05) is 51.1 Å². The molecule has 118 valence electrons. The van der Waals surface area contributed by atoms with Crippen LogP contribution in [0.5, 0.6) is 0 Å². The van der Waals surface area contributed by atoms with Crippen LogP contribution in [-0.4, -0.2) is 38.6 Å². The molecule has 0 saturated carbocycles. The molecule has 3 nitrogen and oxygen atoms in total. The number of carbonyl (C=O) groups excluding carboxylic acids is 1. The van der Waals surface area contributed by atoms with Gasteiger partial charge in [0.05, 0.1) is 11.4 Å². The van der Waals surface area contributed by atoms with Crippen molar-refractivity contribution < 1.29 is 9.90 Å². The van der Waals surface area contributed by atoms with Crippen LogP contribution in [0.2, 0.25) is 0 Å². The van der Waals surface area contributed by atoms with Gasteiger partial charge in [0.15, 0.2) is 0 Å². The van der Waals surface area contributed by atoms with E-state index in [1.54, 1.807) is 30.5 Å². The van der Waals surface area contributed by atoms with E-state index in [-0.39, 0.29) is 10.7 Å². The van der Waals surface area contributed by atoms with Gasteiger partial charge in [-0.25, -0.2) is 0 Å². The molecule has 0 bridgehead atoms. The van der Waals surface area contributed by atoms with Gasteiger partial charge in [0.25, 0.3) is 0 Å². The van der Waals surface area contributed by atoms with Crippen molar-refractivity contribution >= 4 is 17.7 Å². The van der Waals surface area contributed by atoms with Gasteiger partial charge in [-0.15, -0.1) is 11.8 Å². The highest BCUT2D eigenvalue weighted by atomic mass is 32.2. The molecule has 0 saturated heterocycles. The number of rotatable bonds is 6. The molecule has 21 heavy (non-hydrogen) atoms. The zero-order valence-electron chi connectivity index (χ0n) is 13.7. The molecule has 1 amide bonds. The fraction of sp³-hybridized carbons (Fsp3) is 0.588. The maximum absolute atomic E-state index is 12.5. The molecule has 0 radical (unpaired) electrons. The van der Waals surface area contributed by atoms with Crippen molar-refractivity contribution in [3.8, 4) is 0 Å². The quantitative estimate of drug-likeness (QED) is 0.876. The topological polar surface area (TPSA) is 40.5 Å². The van der Waals surface area contributed by atoms with E-state index >= 15 is 0 Å². The number of aliphatic hydroxyl groups is 1. The Balaban J connectivity index is 2.74. The minimum absolute atomic E-state index is 0.0583. The van der Waals surface area contributed by atoms with Crippen molar-refractivity contribution in [2.75, 3.05) is 12.3 Å². The van der Waals surface area contributed by atoms with E-state index in [2.05, 4.69) is 20.8 Å². The summed E-state index contributed by atoms with van der Waals surface area (Å²) in [6.45, 7) is 10.6. The third-order valence-corrected chi connectivity index (χ3v) is 4.03. The van der Waals surface area contributed by atoms with Crippen LogP contribution in [0.25, 0.3) is 0 Å². The van der Waals surface area contributed by atoms with Crippen LogP contribution in [0.15, 0.2) is 30.3 Å². The Morgan fingerprint density at radius 1 is 1.14 bits per heavy atom. The lowest BCUT2D eigenvalue weighted by molar-refractivity contribution is -0.132. The summed E-state index contributed by atoms with van der Waals surface area (Å²) in [6.07, 6.45) is 0.